The molecule has 0 radical (unpaired) electrons. The first-order valence-corrected chi connectivity index (χ1v) is 8.60. The number of benzene rings is 1. The molecule has 2 N–H and O–H groups in total. The van der Waals surface area contributed by atoms with Crippen molar-refractivity contribution in [3.8, 4) is 11.4 Å². The lowest BCUT2D eigenvalue weighted by molar-refractivity contribution is 0.624. The van der Waals surface area contributed by atoms with E-state index >= 15 is 0 Å². The third-order valence-corrected chi connectivity index (χ3v) is 4.94. The van der Waals surface area contributed by atoms with Crippen LogP contribution in [0.5, 0.6) is 0 Å². The Morgan fingerprint density at radius 2 is 2.08 bits per heavy atom. The van der Waals surface area contributed by atoms with Crippen molar-refractivity contribution in [1.82, 2.24) is 15.0 Å². The van der Waals surface area contributed by atoms with Crippen LogP contribution in [0.1, 0.15) is 34.8 Å². The minimum Gasteiger partial charge on any atom is -0.363 e. The van der Waals surface area contributed by atoms with Gasteiger partial charge in [-0.05, 0) is 62.1 Å². The van der Waals surface area contributed by atoms with Gasteiger partial charge in [-0.3, -0.25) is 4.79 Å². The molecule has 1 aliphatic rings. The van der Waals surface area contributed by atoms with E-state index in [0.29, 0.717) is 22.9 Å². The molecule has 1 atom stereocenters. The Bertz CT molecular complexity index is 1030. The number of hydrogen-bond donors (Lipinski definition) is 2. The van der Waals surface area contributed by atoms with E-state index in [1.54, 1.807) is 19.2 Å². The molecule has 0 aliphatic heterocycles. The smallest absolute Gasteiger partial charge is 0.254 e. The Kier molecular flexibility index (Phi) is 4.03. The van der Waals surface area contributed by atoms with E-state index in [4.69, 9.17) is 0 Å². The van der Waals surface area contributed by atoms with Crippen molar-refractivity contribution >= 4 is 5.82 Å². The number of fused-ring (bicyclic) bond motifs is 1. The molecular formula is C20H19FN4O. The summed E-state index contributed by atoms with van der Waals surface area (Å²) < 4.78 is 13.5. The molecule has 2 heterocycles. The second kappa shape index (κ2) is 6.37. The van der Waals surface area contributed by atoms with Crippen molar-refractivity contribution in [3.05, 3.63) is 75.1 Å². The molecule has 5 nitrogen and oxygen atoms in total. The summed E-state index contributed by atoms with van der Waals surface area (Å²) in [5, 5.41) is 3.36. The number of nitrogens with zero attached hydrogens (tertiary/aromatic N) is 2. The monoisotopic (exact) mass is 350 g/mol. The summed E-state index contributed by atoms with van der Waals surface area (Å²) in [6, 6.07) is 8.72. The lowest BCUT2D eigenvalue weighted by atomic mass is 10.1. The summed E-state index contributed by atoms with van der Waals surface area (Å²) in [6.07, 6.45) is 3.52. The van der Waals surface area contributed by atoms with Crippen LogP contribution in [-0.2, 0) is 6.42 Å². The minimum atomic E-state index is -0.217. The summed E-state index contributed by atoms with van der Waals surface area (Å²) >= 11 is 0. The maximum atomic E-state index is 13.5. The number of aromatic amines is 1. The van der Waals surface area contributed by atoms with Crippen molar-refractivity contribution < 1.29 is 4.39 Å². The Labute approximate surface area is 150 Å². The maximum absolute atomic E-state index is 13.5. The molecule has 0 fully saturated rings. The molecule has 1 aliphatic carbocycles. The third-order valence-electron chi connectivity index (χ3n) is 4.94. The lowest BCUT2D eigenvalue weighted by Gasteiger charge is -2.15. The Morgan fingerprint density at radius 3 is 2.81 bits per heavy atom. The average molecular weight is 350 g/mol. The lowest BCUT2D eigenvalue weighted by Crippen LogP contribution is -2.14. The first-order valence-electron chi connectivity index (χ1n) is 8.60. The zero-order valence-corrected chi connectivity index (χ0v) is 14.6. The number of rotatable bonds is 3. The topological polar surface area (TPSA) is 70.7 Å². The van der Waals surface area contributed by atoms with Crippen molar-refractivity contribution in [2.45, 2.75) is 32.7 Å². The summed E-state index contributed by atoms with van der Waals surface area (Å²) in [5.74, 6) is 0.998. The van der Waals surface area contributed by atoms with Crippen LogP contribution in [0.2, 0.25) is 0 Å². The SMILES string of the molecule is Cc1nc(-c2ccc(NC3CCc4ccc(F)cc43)nc2)[nH]c(=O)c1C. The van der Waals surface area contributed by atoms with Gasteiger partial charge in [0, 0.05) is 23.0 Å². The van der Waals surface area contributed by atoms with Gasteiger partial charge in [-0.2, -0.15) is 0 Å². The van der Waals surface area contributed by atoms with Gasteiger partial charge in [0.1, 0.15) is 17.5 Å². The van der Waals surface area contributed by atoms with Crippen LogP contribution in [-0.4, -0.2) is 15.0 Å². The molecule has 1 aromatic carbocycles. The molecule has 0 amide bonds. The number of nitrogens with one attached hydrogen (secondary N) is 2. The molecule has 0 spiro atoms. The van der Waals surface area contributed by atoms with Crippen LogP contribution < -0.4 is 10.9 Å². The highest BCUT2D eigenvalue weighted by Gasteiger charge is 2.23. The van der Waals surface area contributed by atoms with Crippen LogP contribution >= 0.6 is 0 Å². The molecule has 1 unspecified atom stereocenters. The summed E-state index contributed by atoms with van der Waals surface area (Å²) in [4.78, 5) is 23.5. The van der Waals surface area contributed by atoms with E-state index in [-0.39, 0.29) is 17.4 Å². The van der Waals surface area contributed by atoms with Crippen LogP contribution in [0.25, 0.3) is 11.4 Å². The van der Waals surface area contributed by atoms with Gasteiger partial charge in [0.15, 0.2) is 0 Å². The van der Waals surface area contributed by atoms with Gasteiger partial charge in [-0.1, -0.05) is 6.07 Å². The quantitative estimate of drug-likeness (QED) is 0.756. The molecule has 4 rings (SSSR count). The fraction of sp³-hybridized carbons (Fsp3) is 0.250. The zero-order chi connectivity index (χ0) is 18.3. The van der Waals surface area contributed by atoms with Crippen molar-refractivity contribution in [3.63, 3.8) is 0 Å². The molecule has 3 aromatic rings. The highest BCUT2D eigenvalue weighted by atomic mass is 19.1. The molecular weight excluding hydrogens is 331 g/mol. The largest absolute Gasteiger partial charge is 0.363 e. The second-order valence-corrected chi connectivity index (χ2v) is 6.64. The van der Waals surface area contributed by atoms with E-state index in [2.05, 4.69) is 20.3 Å². The van der Waals surface area contributed by atoms with Crippen molar-refractivity contribution in [2.75, 3.05) is 5.32 Å². The average Bonchev–Trinajstić information content (AvgIpc) is 3.02. The van der Waals surface area contributed by atoms with Crippen LogP contribution in [0.3, 0.4) is 0 Å². The molecule has 0 saturated carbocycles. The summed E-state index contributed by atoms with van der Waals surface area (Å²) in [6.45, 7) is 3.56. The van der Waals surface area contributed by atoms with E-state index in [0.717, 1.165) is 24.0 Å². The molecule has 26 heavy (non-hydrogen) atoms. The second-order valence-electron chi connectivity index (χ2n) is 6.64. The van der Waals surface area contributed by atoms with Gasteiger partial charge in [0.2, 0.25) is 0 Å². The van der Waals surface area contributed by atoms with E-state index in [1.165, 1.54) is 11.6 Å². The fourth-order valence-electron chi connectivity index (χ4n) is 3.30. The molecule has 132 valence electrons. The first kappa shape index (κ1) is 16.4. The van der Waals surface area contributed by atoms with Crippen LogP contribution in [0.4, 0.5) is 10.2 Å². The van der Waals surface area contributed by atoms with E-state index in [1.807, 2.05) is 25.1 Å². The number of hydrogen-bond acceptors (Lipinski definition) is 4. The normalized spacial score (nSPS) is 15.7. The highest BCUT2D eigenvalue weighted by molar-refractivity contribution is 5.56. The molecule has 2 aromatic heterocycles. The molecule has 0 saturated heterocycles. The molecule has 6 heteroatoms. The number of pyridine rings is 1. The van der Waals surface area contributed by atoms with Gasteiger partial charge in [0.25, 0.3) is 5.56 Å². The summed E-state index contributed by atoms with van der Waals surface area (Å²) in [5.41, 5.74) is 4.10. The number of halogens is 1. The predicted octanol–water partition coefficient (Wildman–Crippen LogP) is 3.69. The van der Waals surface area contributed by atoms with Crippen LogP contribution in [0.15, 0.2) is 41.3 Å². The standard InChI is InChI=1S/C20H19FN4O/c1-11-12(2)23-19(25-20(11)26)14-5-8-18(22-10-14)24-17-7-4-13-3-6-15(21)9-16(13)17/h3,5-6,8-10,17H,4,7H2,1-2H3,(H,22,24)(H,23,25,26). The minimum absolute atomic E-state index is 0.0543. The molecule has 0 bridgehead atoms. The summed E-state index contributed by atoms with van der Waals surface area (Å²) in [7, 11) is 0. The van der Waals surface area contributed by atoms with Gasteiger partial charge in [0.05, 0.1) is 6.04 Å². The van der Waals surface area contributed by atoms with Gasteiger partial charge >= 0.3 is 0 Å². The maximum Gasteiger partial charge on any atom is 0.254 e. The van der Waals surface area contributed by atoms with Gasteiger partial charge in [-0.25, -0.2) is 14.4 Å². The van der Waals surface area contributed by atoms with E-state index < -0.39 is 0 Å². The predicted molar refractivity (Wildman–Crippen MR) is 98.6 cm³/mol. The third kappa shape index (κ3) is 2.98. The Balaban J connectivity index is 1.56. The number of anilines is 1. The van der Waals surface area contributed by atoms with Gasteiger partial charge < -0.3 is 10.3 Å². The fourth-order valence-corrected chi connectivity index (χ4v) is 3.30. The van der Waals surface area contributed by atoms with E-state index in [9.17, 15) is 9.18 Å². The van der Waals surface area contributed by atoms with Crippen LogP contribution in [0, 0.1) is 19.7 Å². The zero-order valence-electron chi connectivity index (χ0n) is 14.6. The number of aromatic nitrogens is 3. The highest BCUT2D eigenvalue weighted by Crippen LogP contribution is 2.34. The number of aryl methyl sites for hydroxylation is 2. The Morgan fingerprint density at radius 1 is 1.23 bits per heavy atom. The Hall–Kier alpha value is -3.02. The van der Waals surface area contributed by atoms with Crippen molar-refractivity contribution in [2.24, 2.45) is 0 Å². The van der Waals surface area contributed by atoms with Crippen molar-refractivity contribution in [1.29, 1.82) is 0 Å². The van der Waals surface area contributed by atoms with Gasteiger partial charge in [-0.15, -0.1) is 0 Å². The number of H-pyrrole nitrogens is 1. The first-order chi connectivity index (χ1) is 12.5.